The van der Waals surface area contributed by atoms with Crippen LogP contribution >= 0.6 is 0 Å². The van der Waals surface area contributed by atoms with E-state index in [0.717, 1.165) is 37.0 Å². The first kappa shape index (κ1) is 17.0. The molecule has 0 amide bonds. The first-order valence-corrected chi connectivity index (χ1v) is 10.8. The molecule has 3 heteroatoms. The van der Waals surface area contributed by atoms with Gasteiger partial charge >= 0.3 is 5.97 Å². The van der Waals surface area contributed by atoms with Crippen molar-refractivity contribution in [2.45, 2.75) is 78.2 Å². The van der Waals surface area contributed by atoms with Crippen LogP contribution in [0.15, 0.2) is 11.6 Å². The highest BCUT2D eigenvalue weighted by Gasteiger charge is 2.67. The predicted octanol–water partition coefficient (Wildman–Crippen LogP) is 4.70. The molecule has 8 atom stereocenters. The van der Waals surface area contributed by atoms with E-state index in [2.05, 4.69) is 13.8 Å². The van der Waals surface area contributed by atoms with Gasteiger partial charge in [-0.2, -0.15) is 0 Å². The molecular weight excluding hydrogens is 324 g/mol. The Kier molecular flexibility index (Phi) is 3.57. The van der Waals surface area contributed by atoms with Gasteiger partial charge in [0, 0.05) is 18.3 Å². The fraction of sp³-hybridized carbons (Fsp3) is 0.826. The van der Waals surface area contributed by atoms with Gasteiger partial charge in [0.25, 0.3) is 0 Å². The molecule has 0 bridgehead atoms. The Morgan fingerprint density at radius 1 is 1.19 bits per heavy atom. The van der Waals surface area contributed by atoms with Crippen molar-refractivity contribution < 1.29 is 14.3 Å². The average Bonchev–Trinajstić information content (AvgIpc) is 3.34. The average molecular weight is 357 g/mol. The quantitative estimate of drug-likeness (QED) is 0.674. The fourth-order valence-electron chi connectivity index (χ4n) is 7.79. The maximum atomic E-state index is 12.1. The third-order valence-electron chi connectivity index (χ3n) is 9.23. The third-order valence-corrected chi connectivity index (χ3v) is 9.23. The van der Waals surface area contributed by atoms with Gasteiger partial charge in [0.15, 0.2) is 5.78 Å². The monoisotopic (exact) mass is 356 g/mol. The van der Waals surface area contributed by atoms with Crippen LogP contribution in [0, 0.1) is 40.4 Å². The van der Waals surface area contributed by atoms with Crippen LogP contribution < -0.4 is 0 Å². The van der Waals surface area contributed by atoms with Crippen molar-refractivity contribution >= 4 is 11.8 Å². The minimum absolute atomic E-state index is 0.0325. The number of carbonyl (C=O) groups excluding carboxylic acids is 2. The minimum atomic E-state index is -0.0325. The number of rotatable bonds is 2. The number of carbonyl (C=O) groups is 2. The molecule has 0 radical (unpaired) electrons. The SMILES string of the molecule is CCC(=O)OC1CCC2C3C4CC4C4=CC(=O)CCC4(C)C3CCC12C. The van der Waals surface area contributed by atoms with Gasteiger partial charge in [-0.3, -0.25) is 9.59 Å². The largest absolute Gasteiger partial charge is 0.462 e. The summed E-state index contributed by atoms with van der Waals surface area (Å²) in [7, 11) is 0. The Balaban J connectivity index is 1.47. The van der Waals surface area contributed by atoms with E-state index in [4.69, 9.17) is 4.74 Å². The molecule has 26 heavy (non-hydrogen) atoms. The molecule has 0 saturated heterocycles. The summed E-state index contributed by atoms with van der Waals surface area (Å²) in [5.41, 5.74) is 1.92. The summed E-state index contributed by atoms with van der Waals surface area (Å²) in [5.74, 6) is 3.98. The molecule has 142 valence electrons. The molecule has 0 aromatic heterocycles. The van der Waals surface area contributed by atoms with Crippen LogP contribution in [-0.2, 0) is 14.3 Å². The normalized spacial score (nSPS) is 51.5. The second-order valence-electron chi connectivity index (χ2n) is 10.2. The number of ketones is 1. The summed E-state index contributed by atoms with van der Waals surface area (Å²) in [6, 6.07) is 0. The van der Waals surface area contributed by atoms with Gasteiger partial charge in [0.1, 0.15) is 6.10 Å². The van der Waals surface area contributed by atoms with E-state index in [0.29, 0.717) is 24.0 Å². The lowest BCUT2D eigenvalue weighted by molar-refractivity contribution is -0.159. The number of fused-ring (bicyclic) bond motifs is 8. The molecule has 0 aromatic rings. The predicted molar refractivity (Wildman–Crippen MR) is 99.2 cm³/mol. The van der Waals surface area contributed by atoms with E-state index in [9.17, 15) is 9.59 Å². The van der Waals surface area contributed by atoms with E-state index >= 15 is 0 Å². The van der Waals surface area contributed by atoms with E-state index in [1.165, 1.54) is 31.3 Å². The molecule has 5 aliphatic rings. The Bertz CT molecular complexity index is 694. The first-order valence-electron chi connectivity index (χ1n) is 10.8. The maximum Gasteiger partial charge on any atom is 0.305 e. The van der Waals surface area contributed by atoms with Crippen LogP contribution in [0.4, 0.5) is 0 Å². The van der Waals surface area contributed by atoms with E-state index in [1.54, 1.807) is 0 Å². The van der Waals surface area contributed by atoms with Crippen LogP contribution in [0.1, 0.15) is 72.1 Å². The van der Waals surface area contributed by atoms with Gasteiger partial charge in [-0.1, -0.05) is 26.3 Å². The van der Waals surface area contributed by atoms with Gasteiger partial charge < -0.3 is 4.74 Å². The number of ether oxygens (including phenoxy) is 1. The summed E-state index contributed by atoms with van der Waals surface area (Å²) in [6.45, 7) is 6.76. The van der Waals surface area contributed by atoms with Crippen molar-refractivity contribution in [2.24, 2.45) is 40.4 Å². The third kappa shape index (κ3) is 2.12. The minimum Gasteiger partial charge on any atom is -0.462 e. The molecule has 0 aromatic carbocycles. The zero-order valence-corrected chi connectivity index (χ0v) is 16.4. The van der Waals surface area contributed by atoms with Crippen molar-refractivity contribution in [1.82, 2.24) is 0 Å². The summed E-state index contributed by atoms with van der Waals surface area (Å²) < 4.78 is 5.91. The zero-order chi connectivity index (χ0) is 18.3. The molecule has 0 aliphatic heterocycles. The highest BCUT2D eigenvalue weighted by molar-refractivity contribution is 5.92. The molecule has 5 aliphatic carbocycles. The molecule has 3 nitrogen and oxygen atoms in total. The number of esters is 1. The Labute approximate surface area is 156 Å². The van der Waals surface area contributed by atoms with Crippen LogP contribution in [0.25, 0.3) is 0 Å². The fourth-order valence-corrected chi connectivity index (χ4v) is 7.79. The Hall–Kier alpha value is -1.12. The van der Waals surface area contributed by atoms with Crippen LogP contribution in [0.5, 0.6) is 0 Å². The lowest BCUT2D eigenvalue weighted by atomic mass is 9.47. The molecule has 0 heterocycles. The maximum absolute atomic E-state index is 12.1. The molecule has 0 N–H and O–H groups in total. The van der Waals surface area contributed by atoms with Crippen LogP contribution in [0.3, 0.4) is 0 Å². The van der Waals surface area contributed by atoms with Gasteiger partial charge in [-0.15, -0.1) is 0 Å². The van der Waals surface area contributed by atoms with Gasteiger partial charge in [0.2, 0.25) is 0 Å². The molecule has 4 saturated carbocycles. The molecule has 5 rings (SSSR count). The summed E-state index contributed by atoms with van der Waals surface area (Å²) >= 11 is 0. The van der Waals surface area contributed by atoms with Crippen molar-refractivity contribution in [3.8, 4) is 0 Å². The van der Waals surface area contributed by atoms with E-state index in [1.807, 2.05) is 13.0 Å². The lowest BCUT2D eigenvalue weighted by Crippen LogP contribution is -2.52. The summed E-state index contributed by atoms with van der Waals surface area (Å²) in [4.78, 5) is 24.0. The van der Waals surface area contributed by atoms with Gasteiger partial charge in [-0.05, 0) is 79.6 Å². The zero-order valence-electron chi connectivity index (χ0n) is 16.4. The Morgan fingerprint density at radius 2 is 2.00 bits per heavy atom. The molecule has 4 fully saturated rings. The number of hydrogen-bond donors (Lipinski definition) is 0. The van der Waals surface area contributed by atoms with Crippen LogP contribution in [-0.4, -0.2) is 17.9 Å². The van der Waals surface area contributed by atoms with E-state index in [-0.39, 0.29) is 22.9 Å². The lowest BCUT2D eigenvalue weighted by Gasteiger charge is -2.57. The highest BCUT2D eigenvalue weighted by atomic mass is 16.5. The van der Waals surface area contributed by atoms with E-state index < -0.39 is 0 Å². The Morgan fingerprint density at radius 3 is 2.77 bits per heavy atom. The number of allylic oxidation sites excluding steroid dienone is 1. The molecule has 0 spiro atoms. The molecule has 8 unspecified atom stereocenters. The summed E-state index contributed by atoms with van der Waals surface area (Å²) in [5, 5.41) is 0. The first-order chi connectivity index (χ1) is 12.4. The van der Waals surface area contributed by atoms with Crippen molar-refractivity contribution in [1.29, 1.82) is 0 Å². The highest BCUT2D eigenvalue weighted by Crippen LogP contribution is 2.73. The molecular formula is C23H32O3. The second kappa shape index (κ2) is 5.45. The summed E-state index contributed by atoms with van der Waals surface area (Å²) in [6.07, 6.45) is 10.4. The van der Waals surface area contributed by atoms with Crippen LogP contribution in [0.2, 0.25) is 0 Å². The topological polar surface area (TPSA) is 43.4 Å². The number of hydrogen-bond acceptors (Lipinski definition) is 3. The van der Waals surface area contributed by atoms with Gasteiger partial charge in [-0.25, -0.2) is 0 Å². The smallest absolute Gasteiger partial charge is 0.305 e. The van der Waals surface area contributed by atoms with Crippen molar-refractivity contribution in [3.63, 3.8) is 0 Å². The van der Waals surface area contributed by atoms with Crippen molar-refractivity contribution in [3.05, 3.63) is 11.6 Å². The van der Waals surface area contributed by atoms with Gasteiger partial charge in [0.05, 0.1) is 0 Å². The van der Waals surface area contributed by atoms with Crippen molar-refractivity contribution in [2.75, 3.05) is 0 Å². The second-order valence-corrected chi connectivity index (χ2v) is 10.2. The standard InChI is InChI=1S/C23H32O3/c1-4-20(25)26-19-6-5-16-21-15-12-14(15)18-11-13(24)7-9-22(18,2)17(21)8-10-23(16,19)3/h11,14-17,19,21H,4-10,12H2,1-3H3.